The lowest BCUT2D eigenvalue weighted by atomic mass is 9.86. The third kappa shape index (κ3) is 2.08. The van der Waals surface area contributed by atoms with E-state index < -0.39 is 0 Å². The predicted octanol–water partition coefficient (Wildman–Crippen LogP) is 4.71. The van der Waals surface area contributed by atoms with Gasteiger partial charge in [0.25, 0.3) is 0 Å². The second-order valence-corrected chi connectivity index (χ2v) is 5.47. The molecule has 4 unspecified atom stereocenters. The summed E-state index contributed by atoms with van der Waals surface area (Å²) in [6, 6.07) is 10.0. The van der Waals surface area contributed by atoms with Crippen LogP contribution in [0.25, 0.3) is 6.08 Å². The standard InChI is InChI=1S/C10H12.C8H8/c1-2-9-7-4-5-8(6-7)10(9)3-1;1-2-8-6-4-3-5-7-8/h1-2,4-5,7-10H,3,6H2;2-7H,1H2. The van der Waals surface area contributed by atoms with Crippen LogP contribution in [0.3, 0.4) is 0 Å². The number of fused-ring (bicyclic) bond motifs is 5. The van der Waals surface area contributed by atoms with E-state index in [-0.39, 0.29) is 0 Å². The molecule has 4 atom stereocenters. The van der Waals surface area contributed by atoms with Crippen LogP contribution in [0.1, 0.15) is 18.4 Å². The molecule has 0 aliphatic heterocycles. The van der Waals surface area contributed by atoms with Crippen LogP contribution in [0.2, 0.25) is 0 Å². The number of rotatable bonds is 1. The minimum Gasteiger partial charge on any atom is -0.0985 e. The molecule has 0 N–H and O–H groups in total. The molecule has 1 saturated carbocycles. The zero-order valence-corrected chi connectivity index (χ0v) is 10.7. The molecule has 18 heavy (non-hydrogen) atoms. The van der Waals surface area contributed by atoms with Gasteiger partial charge in [0, 0.05) is 0 Å². The first-order valence-electron chi connectivity index (χ1n) is 6.91. The van der Waals surface area contributed by atoms with Gasteiger partial charge in [-0.25, -0.2) is 0 Å². The average molecular weight is 236 g/mol. The molecule has 4 rings (SSSR count). The summed E-state index contributed by atoms with van der Waals surface area (Å²) >= 11 is 0. The highest BCUT2D eigenvalue weighted by molar-refractivity contribution is 5.45. The maximum Gasteiger partial charge on any atom is -0.0133 e. The second kappa shape index (κ2) is 4.97. The third-order valence-electron chi connectivity index (χ3n) is 4.49. The van der Waals surface area contributed by atoms with Crippen molar-refractivity contribution in [3.8, 4) is 0 Å². The maximum absolute atomic E-state index is 3.63. The van der Waals surface area contributed by atoms with E-state index in [0.29, 0.717) is 0 Å². The molecular formula is C18H20. The minimum atomic E-state index is 0.925. The Hall–Kier alpha value is -1.56. The van der Waals surface area contributed by atoms with Crippen molar-refractivity contribution >= 4 is 6.08 Å². The molecule has 2 bridgehead atoms. The van der Waals surface area contributed by atoms with Gasteiger partial charge in [-0.2, -0.15) is 0 Å². The molecule has 3 aliphatic rings. The Kier molecular flexibility index (Phi) is 3.19. The van der Waals surface area contributed by atoms with Gasteiger partial charge in [-0.05, 0) is 42.1 Å². The summed E-state index contributed by atoms with van der Waals surface area (Å²) in [5.74, 6) is 3.82. The summed E-state index contributed by atoms with van der Waals surface area (Å²) in [5.41, 5.74) is 1.17. The first kappa shape index (κ1) is 11.5. The number of benzene rings is 1. The van der Waals surface area contributed by atoms with Gasteiger partial charge < -0.3 is 0 Å². The van der Waals surface area contributed by atoms with Crippen LogP contribution in [0, 0.1) is 23.7 Å². The topological polar surface area (TPSA) is 0 Å². The summed E-state index contributed by atoms with van der Waals surface area (Å²) in [5, 5.41) is 0. The first-order valence-corrected chi connectivity index (χ1v) is 6.91. The van der Waals surface area contributed by atoms with E-state index in [9.17, 15) is 0 Å². The molecule has 0 spiro atoms. The zero-order chi connectivity index (χ0) is 12.4. The monoisotopic (exact) mass is 236 g/mol. The van der Waals surface area contributed by atoms with Crippen LogP contribution in [0.4, 0.5) is 0 Å². The summed E-state index contributed by atoms with van der Waals surface area (Å²) in [6.45, 7) is 3.63. The van der Waals surface area contributed by atoms with Crippen molar-refractivity contribution in [2.24, 2.45) is 23.7 Å². The number of allylic oxidation sites excluding steroid dienone is 4. The molecule has 92 valence electrons. The SMILES string of the molecule is C1=CC2C3C=CC(C3)C2C1.C=Cc1ccccc1. The van der Waals surface area contributed by atoms with Gasteiger partial charge in [0.2, 0.25) is 0 Å². The van der Waals surface area contributed by atoms with Gasteiger partial charge in [0.05, 0.1) is 0 Å². The zero-order valence-electron chi connectivity index (χ0n) is 10.7. The van der Waals surface area contributed by atoms with Gasteiger partial charge in [-0.15, -0.1) is 0 Å². The smallest absolute Gasteiger partial charge is 0.0133 e. The van der Waals surface area contributed by atoms with Gasteiger partial charge >= 0.3 is 0 Å². The van der Waals surface area contributed by atoms with Crippen molar-refractivity contribution in [1.29, 1.82) is 0 Å². The lowest BCUT2D eigenvalue weighted by Gasteiger charge is -2.18. The maximum atomic E-state index is 3.63. The number of hydrogen-bond acceptors (Lipinski definition) is 0. The van der Waals surface area contributed by atoms with Crippen LogP contribution in [0.5, 0.6) is 0 Å². The van der Waals surface area contributed by atoms with Gasteiger partial charge in [-0.3, -0.25) is 0 Å². The molecule has 0 amide bonds. The second-order valence-electron chi connectivity index (χ2n) is 5.47. The van der Waals surface area contributed by atoms with Crippen LogP contribution < -0.4 is 0 Å². The van der Waals surface area contributed by atoms with Crippen LogP contribution in [-0.2, 0) is 0 Å². The molecular weight excluding hydrogens is 216 g/mol. The van der Waals surface area contributed by atoms with Gasteiger partial charge in [0.15, 0.2) is 0 Å². The van der Waals surface area contributed by atoms with Crippen LogP contribution in [-0.4, -0.2) is 0 Å². The lowest BCUT2D eigenvalue weighted by Crippen LogP contribution is -2.12. The lowest BCUT2D eigenvalue weighted by molar-refractivity contribution is 0.398. The Balaban J connectivity index is 0.000000115. The Labute approximate surface area is 110 Å². The fourth-order valence-electron chi connectivity index (χ4n) is 3.56. The quantitative estimate of drug-likeness (QED) is 0.619. The van der Waals surface area contributed by atoms with E-state index in [4.69, 9.17) is 0 Å². The van der Waals surface area contributed by atoms with Gasteiger partial charge in [-0.1, -0.05) is 67.3 Å². The molecule has 0 nitrogen and oxygen atoms in total. The molecule has 0 radical (unpaired) electrons. The fraction of sp³-hybridized carbons (Fsp3) is 0.333. The van der Waals surface area contributed by atoms with Crippen molar-refractivity contribution in [2.75, 3.05) is 0 Å². The molecule has 0 heteroatoms. The molecule has 0 heterocycles. The summed E-state index contributed by atoms with van der Waals surface area (Å²) in [7, 11) is 0. The Morgan fingerprint density at radius 1 is 1.00 bits per heavy atom. The van der Waals surface area contributed by atoms with Crippen molar-refractivity contribution in [3.63, 3.8) is 0 Å². The normalized spacial score (nSPS) is 34.0. The van der Waals surface area contributed by atoms with E-state index in [2.05, 4.69) is 30.9 Å². The molecule has 3 aliphatic carbocycles. The fourth-order valence-corrected chi connectivity index (χ4v) is 3.56. The highest BCUT2D eigenvalue weighted by Crippen LogP contribution is 2.52. The molecule has 0 saturated heterocycles. The van der Waals surface area contributed by atoms with Crippen molar-refractivity contribution in [2.45, 2.75) is 12.8 Å². The van der Waals surface area contributed by atoms with Crippen molar-refractivity contribution in [3.05, 3.63) is 66.8 Å². The molecule has 1 aromatic rings. The number of hydrogen-bond donors (Lipinski definition) is 0. The van der Waals surface area contributed by atoms with Crippen LogP contribution >= 0.6 is 0 Å². The summed E-state index contributed by atoms with van der Waals surface area (Å²) < 4.78 is 0. The van der Waals surface area contributed by atoms with E-state index >= 15 is 0 Å². The highest BCUT2D eigenvalue weighted by atomic mass is 14.5. The Bertz CT molecular complexity index is 466. The summed E-state index contributed by atoms with van der Waals surface area (Å²) in [4.78, 5) is 0. The highest BCUT2D eigenvalue weighted by Gasteiger charge is 2.44. The largest absolute Gasteiger partial charge is 0.0985 e. The van der Waals surface area contributed by atoms with Crippen molar-refractivity contribution in [1.82, 2.24) is 0 Å². The molecule has 0 aromatic heterocycles. The molecule has 1 aromatic carbocycles. The minimum absolute atomic E-state index is 0.925. The third-order valence-corrected chi connectivity index (χ3v) is 4.49. The first-order chi connectivity index (χ1) is 8.88. The Morgan fingerprint density at radius 2 is 1.78 bits per heavy atom. The predicted molar refractivity (Wildman–Crippen MR) is 78.0 cm³/mol. The van der Waals surface area contributed by atoms with Gasteiger partial charge in [0.1, 0.15) is 0 Å². The van der Waals surface area contributed by atoms with E-state index in [1.165, 1.54) is 18.4 Å². The molecule has 1 fully saturated rings. The average Bonchev–Trinajstić information content (AvgIpc) is 3.14. The van der Waals surface area contributed by atoms with E-state index in [0.717, 1.165) is 23.7 Å². The van der Waals surface area contributed by atoms with E-state index in [1.54, 1.807) is 0 Å². The van der Waals surface area contributed by atoms with Crippen molar-refractivity contribution < 1.29 is 0 Å². The van der Waals surface area contributed by atoms with E-state index in [1.807, 2.05) is 36.4 Å². The summed E-state index contributed by atoms with van der Waals surface area (Å²) in [6.07, 6.45) is 14.3. The Morgan fingerprint density at radius 3 is 2.44 bits per heavy atom. The van der Waals surface area contributed by atoms with Crippen LogP contribution in [0.15, 0.2) is 61.2 Å².